The van der Waals surface area contributed by atoms with Crippen LogP contribution in [0, 0.1) is 13.8 Å². The molecule has 0 fully saturated rings. The van der Waals surface area contributed by atoms with Crippen LogP contribution in [-0.2, 0) is 10.0 Å². The van der Waals surface area contributed by atoms with Crippen LogP contribution in [0.3, 0.4) is 0 Å². The molecule has 0 unspecified atom stereocenters. The lowest BCUT2D eigenvalue weighted by Gasteiger charge is -2.14. The second-order valence-corrected chi connectivity index (χ2v) is 6.96. The van der Waals surface area contributed by atoms with E-state index in [1.807, 2.05) is 0 Å². The number of sulfonamides is 1. The molecule has 0 saturated heterocycles. The van der Waals surface area contributed by atoms with Crippen LogP contribution in [0.4, 0.5) is 11.4 Å². The fourth-order valence-electron chi connectivity index (χ4n) is 1.79. The second kappa shape index (κ2) is 5.71. The number of hydrogen-bond donors (Lipinski definition) is 2. The molecular formula is C13H13Cl2N3O2S. The number of anilines is 2. The van der Waals surface area contributed by atoms with Gasteiger partial charge >= 0.3 is 0 Å². The summed E-state index contributed by atoms with van der Waals surface area (Å²) in [6, 6.07) is 4.50. The highest BCUT2D eigenvalue weighted by molar-refractivity contribution is 7.92. The number of benzene rings is 1. The van der Waals surface area contributed by atoms with E-state index in [0.717, 1.165) is 0 Å². The molecule has 0 saturated carbocycles. The molecule has 21 heavy (non-hydrogen) atoms. The van der Waals surface area contributed by atoms with E-state index in [9.17, 15) is 8.42 Å². The predicted molar refractivity (Wildman–Crippen MR) is 85.4 cm³/mol. The third kappa shape index (κ3) is 3.23. The van der Waals surface area contributed by atoms with Crippen molar-refractivity contribution in [2.24, 2.45) is 0 Å². The maximum atomic E-state index is 12.5. The van der Waals surface area contributed by atoms with E-state index in [0.29, 0.717) is 16.8 Å². The summed E-state index contributed by atoms with van der Waals surface area (Å²) in [6.07, 6.45) is 1.50. The Labute approximate surface area is 133 Å². The Hall–Kier alpha value is -1.50. The zero-order valence-corrected chi connectivity index (χ0v) is 13.6. The van der Waals surface area contributed by atoms with Crippen molar-refractivity contribution < 1.29 is 8.42 Å². The topological polar surface area (TPSA) is 85.1 Å². The molecule has 2 aromatic rings. The number of nitrogens with two attached hydrogens (primary N) is 1. The predicted octanol–water partition coefficient (Wildman–Crippen LogP) is 3.39. The van der Waals surface area contributed by atoms with Crippen LogP contribution >= 0.6 is 23.2 Å². The van der Waals surface area contributed by atoms with Gasteiger partial charge in [0, 0.05) is 16.9 Å². The first kappa shape index (κ1) is 15.9. The molecular weight excluding hydrogens is 333 g/mol. The Kier molecular flexibility index (Phi) is 4.32. The lowest BCUT2D eigenvalue weighted by Crippen LogP contribution is -2.16. The standard InChI is InChI=1S/C13H13Cl2N3O2S/c1-7-3-4-17-13(15)12(7)18-21(19,20)11-6-9(14)5-10(16)8(11)2/h3-6,18H,16H2,1-2H3. The summed E-state index contributed by atoms with van der Waals surface area (Å²) < 4.78 is 27.5. The van der Waals surface area contributed by atoms with Gasteiger partial charge in [-0.2, -0.15) is 0 Å². The summed E-state index contributed by atoms with van der Waals surface area (Å²) in [7, 11) is -3.87. The van der Waals surface area contributed by atoms with Gasteiger partial charge in [0.05, 0.1) is 10.6 Å². The van der Waals surface area contributed by atoms with E-state index in [2.05, 4.69) is 9.71 Å². The third-order valence-corrected chi connectivity index (χ3v) is 4.98. The highest BCUT2D eigenvalue weighted by atomic mass is 35.5. The Bertz CT molecular complexity index is 787. The van der Waals surface area contributed by atoms with Crippen molar-refractivity contribution in [2.45, 2.75) is 18.7 Å². The lowest BCUT2D eigenvalue weighted by atomic mass is 10.2. The summed E-state index contributed by atoms with van der Waals surface area (Å²) in [5.41, 5.74) is 7.37. The van der Waals surface area contributed by atoms with Gasteiger partial charge in [-0.3, -0.25) is 4.72 Å². The molecule has 1 aromatic heterocycles. The van der Waals surface area contributed by atoms with Gasteiger partial charge in [-0.05, 0) is 43.2 Å². The minimum absolute atomic E-state index is 0.00631. The highest BCUT2D eigenvalue weighted by Gasteiger charge is 2.21. The molecule has 0 aliphatic heterocycles. The number of halogens is 2. The molecule has 1 aromatic carbocycles. The van der Waals surface area contributed by atoms with Crippen LogP contribution in [0.5, 0.6) is 0 Å². The van der Waals surface area contributed by atoms with E-state index in [-0.39, 0.29) is 20.8 Å². The molecule has 1 heterocycles. The lowest BCUT2D eigenvalue weighted by molar-refractivity contribution is 0.600. The first-order chi connectivity index (χ1) is 9.72. The number of hydrogen-bond acceptors (Lipinski definition) is 4. The molecule has 0 amide bonds. The minimum Gasteiger partial charge on any atom is -0.398 e. The van der Waals surface area contributed by atoms with Gasteiger partial charge < -0.3 is 5.73 Å². The molecule has 0 spiro atoms. The SMILES string of the molecule is Cc1ccnc(Cl)c1NS(=O)(=O)c1cc(Cl)cc(N)c1C. The first-order valence-corrected chi connectivity index (χ1v) is 8.16. The Morgan fingerprint density at radius 3 is 2.52 bits per heavy atom. The number of nitrogens with one attached hydrogen (secondary N) is 1. The Morgan fingerprint density at radius 1 is 1.24 bits per heavy atom. The van der Waals surface area contributed by atoms with Crippen molar-refractivity contribution in [3.63, 3.8) is 0 Å². The smallest absolute Gasteiger partial charge is 0.262 e. The zero-order valence-electron chi connectivity index (χ0n) is 11.3. The average Bonchev–Trinajstić information content (AvgIpc) is 2.38. The molecule has 0 aliphatic rings. The fourth-order valence-corrected chi connectivity index (χ4v) is 3.83. The van der Waals surface area contributed by atoms with E-state index < -0.39 is 10.0 Å². The van der Waals surface area contributed by atoms with Gasteiger partial charge in [-0.1, -0.05) is 23.2 Å². The average molecular weight is 346 g/mol. The van der Waals surface area contributed by atoms with E-state index in [1.54, 1.807) is 19.9 Å². The van der Waals surface area contributed by atoms with E-state index >= 15 is 0 Å². The quantitative estimate of drug-likeness (QED) is 0.659. The van der Waals surface area contributed by atoms with Gasteiger partial charge in [-0.15, -0.1) is 0 Å². The molecule has 2 rings (SSSR count). The zero-order chi connectivity index (χ0) is 15.8. The number of rotatable bonds is 3. The summed E-state index contributed by atoms with van der Waals surface area (Å²) in [5, 5.41) is 0.318. The van der Waals surface area contributed by atoms with Crippen LogP contribution in [0.15, 0.2) is 29.3 Å². The Balaban J connectivity index is 2.54. The Morgan fingerprint density at radius 2 is 1.90 bits per heavy atom. The normalized spacial score (nSPS) is 11.4. The second-order valence-electron chi connectivity index (χ2n) is 4.52. The van der Waals surface area contributed by atoms with Crippen LogP contribution < -0.4 is 10.5 Å². The summed E-state index contributed by atoms with van der Waals surface area (Å²) in [4.78, 5) is 3.87. The largest absolute Gasteiger partial charge is 0.398 e. The first-order valence-electron chi connectivity index (χ1n) is 5.92. The van der Waals surface area contributed by atoms with E-state index in [1.165, 1.54) is 18.3 Å². The molecule has 3 N–H and O–H groups in total. The summed E-state index contributed by atoms with van der Waals surface area (Å²) >= 11 is 11.8. The van der Waals surface area contributed by atoms with Crippen LogP contribution in [0.2, 0.25) is 10.2 Å². The number of aromatic nitrogens is 1. The van der Waals surface area contributed by atoms with E-state index in [4.69, 9.17) is 28.9 Å². The molecule has 0 aliphatic carbocycles. The number of nitrogen functional groups attached to an aromatic ring is 1. The molecule has 0 radical (unpaired) electrons. The van der Waals surface area contributed by atoms with Crippen LogP contribution in [0.25, 0.3) is 0 Å². The molecule has 0 atom stereocenters. The fraction of sp³-hybridized carbons (Fsp3) is 0.154. The summed E-state index contributed by atoms with van der Waals surface area (Å²) in [5.74, 6) is 0. The monoisotopic (exact) mass is 345 g/mol. The minimum atomic E-state index is -3.87. The summed E-state index contributed by atoms with van der Waals surface area (Å²) in [6.45, 7) is 3.34. The maximum Gasteiger partial charge on any atom is 0.262 e. The van der Waals surface area contributed by atoms with Gasteiger partial charge in [0.15, 0.2) is 5.15 Å². The third-order valence-electron chi connectivity index (χ3n) is 3.00. The van der Waals surface area contributed by atoms with Gasteiger partial charge in [-0.25, -0.2) is 13.4 Å². The van der Waals surface area contributed by atoms with Crippen LogP contribution in [0.1, 0.15) is 11.1 Å². The number of pyridine rings is 1. The highest BCUT2D eigenvalue weighted by Crippen LogP contribution is 2.30. The van der Waals surface area contributed by atoms with Crippen molar-refractivity contribution in [3.05, 3.63) is 45.7 Å². The number of aryl methyl sites for hydroxylation is 1. The molecule has 0 bridgehead atoms. The van der Waals surface area contributed by atoms with Crippen molar-refractivity contribution in [1.29, 1.82) is 0 Å². The van der Waals surface area contributed by atoms with Gasteiger partial charge in [0.1, 0.15) is 0 Å². The van der Waals surface area contributed by atoms with Gasteiger partial charge in [0.25, 0.3) is 10.0 Å². The van der Waals surface area contributed by atoms with Crippen molar-refractivity contribution in [1.82, 2.24) is 4.98 Å². The molecule has 112 valence electrons. The maximum absolute atomic E-state index is 12.5. The van der Waals surface area contributed by atoms with Gasteiger partial charge in [0.2, 0.25) is 0 Å². The molecule has 5 nitrogen and oxygen atoms in total. The van der Waals surface area contributed by atoms with Crippen molar-refractivity contribution in [2.75, 3.05) is 10.5 Å². The number of nitrogens with zero attached hydrogens (tertiary/aromatic N) is 1. The van der Waals surface area contributed by atoms with Crippen LogP contribution in [-0.4, -0.2) is 13.4 Å². The molecule has 8 heteroatoms. The van der Waals surface area contributed by atoms with Crippen molar-refractivity contribution >= 4 is 44.6 Å². The van der Waals surface area contributed by atoms with Crippen molar-refractivity contribution in [3.8, 4) is 0 Å².